The summed E-state index contributed by atoms with van der Waals surface area (Å²) in [4.78, 5) is 0. The van der Waals surface area contributed by atoms with Crippen LogP contribution in [0.3, 0.4) is 0 Å². The number of benzene rings is 9. The first-order valence-electron chi connectivity index (χ1n) is 19.3. The van der Waals surface area contributed by atoms with E-state index in [1.165, 1.54) is 110 Å². The molecule has 9 aromatic carbocycles. The van der Waals surface area contributed by atoms with Crippen molar-refractivity contribution in [1.29, 1.82) is 0 Å². The van der Waals surface area contributed by atoms with Crippen LogP contribution in [0.15, 0.2) is 170 Å². The van der Waals surface area contributed by atoms with Gasteiger partial charge < -0.3 is 0 Å². The van der Waals surface area contributed by atoms with Gasteiger partial charge in [-0.25, -0.2) is 0 Å². The Bertz CT molecular complexity index is 3040. The van der Waals surface area contributed by atoms with E-state index in [1.54, 1.807) is 0 Å². The molecule has 0 nitrogen and oxygen atoms in total. The summed E-state index contributed by atoms with van der Waals surface area (Å²) in [5.41, 5.74) is 18.5. The molecule has 0 heteroatoms. The summed E-state index contributed by atoms with van der Waals surface area (Å²) in [6.45, 7) is 9.51. The monoisotopic (exact) mass is 688 g/mol. The molecule has 2 aliphatic carbocycles. The van der Waals surface area contributed by atoms with Crippen LogP contribution in [0.5, 0.6) is 0 Å². The molecule has 0 radical (unpaired) electrons. The van der Waals surface area contributed by atoms with Crippen molar-refractivity contribution < 1.29 is 0 Å². The van der Waals surface area contributed by atoms with E-state index >= 15 is 0 Å². The summed E-state index contributed by atoms with van der Waals surface area (Å²) < 4.78 is 0. The molecule has 0 bridgehead atoms. The molecule has 2 aliphatic rings. The zero-order valence-corrected chi connectivity index (χ0v) is 31.2. The Kier molecular flexibility index (Phi) is 6.46. The molecule has 0 amide bonds. The van der Waals surface area contributed by atoms with E-state index in [0.29, 0.717) is 0 Å². The molecule has 0 aliphatic heterocycles. The van der Waals surface area contributed by atoms with Crippen molar-refractivity contribution in [3.05, 3.63) is 192 Å². The van der Waals surface area contributed by atoms with Crippen LogP contribution >= 0.6 is 0 Å². The second-order valence-electron chi connectivity index (χ2n) is 16.4. The molecule has 0 saturated heterocycles. The number of fused-ring (bicyclic) bond motifs is 9. The standard InChI is InChI=1S/C54H40/c1-53(2)47-22-11-9-17-38(47)40-27-24-35(31-49(40)53)34-25-29-45-46(30-34)51(36-26-28-41-39-18-10-12-23-48(39)54(3,4)50(41)32-36)43-19-7-8-20-44(43)52(45)42-21-13-15-33-14-5-6-16-37(33)42/h5-32H,1-4H3. The van der Waals surface area contributed by atoms with Gasteiger partial charge in [0.1, 0.15) is 0 Å². The third-order valence-corrected chi connectivity index (χ3v) is 12.9. The number of rotatable bonds is 3. The van der Waals surface area contributed by atoms with Crippen molar-refractivity contribution in [3.8, 4) is 55.6 Å². The largest absolute Gasteiger partial charge is 0.0619 e. The third-order valence-electron chi connectivity index (χ3n) is 12.9. The highest BCUT2D eigenvalue weighted by molar-refractivity contribution is 6.24. The molecule has 0 aromatic heterocycles. The normalized spacial score (nSPS) is 14.6. The molecule has 54 heavy (non-hydrogen) atoms. The van der Waals surface area contributed by atoms with Crippen molar-refractivity contribution in [3.63, 3.8) is 0 Å². The van der Waals surface area contributed by atoms with Gasteiger partial charge in [-0.05, 0) is 128 Å². The molecule has 0 fully saturated rings. The fourth-order valence-electron chi connectivity index (χ4n) is 10.1. The minimum atomic E-state index is -0.0869. The van der Waals surface area contributed by atoms with Gasteiger partial charge in [-0.2, -0.15) is 0 Å². The predicted molar refractivity (Wildman–Crippen MR) is 230 cm³/mol. The average Bonchev–Trinajstić information content (AvgIpc) is 3.58. The van der Waals surface area contributed by atoms with Crippen LogP contribution in [0.1, 0.15) is 49.9 Å². The minimum absolute atomic E-state index is 0.0590. The van der Waals surface area contributed by atoms with E-state index in [1.807, 2.05) is 0 Å². The van der Waals surface area contributed by atoms with Gasteiger partial charge in [0.2, 0.25) is 0 Å². The van der Waals surface area contributed by atoms with Crippen LogP contribution in [0.25, 0.3) is 88.0 Å². The van der Waals surface area contributed by atoms with Crippen molar-refractivity contribution in [2.45, 2.75) is 38.5 Å². The molecular weight excluding hydrogens is 649 g/mol. The lowest BCUT2D eigenvalue weighted by molar-refractivity contribution is 0.660. The van der Waals surface area contributed by atoms with Crippen LogP contribution in [0.2, 0.25) is 0 Å². The van der Waals surface area contributed by atoms with Crippen LogP contribution in [0.4, 0.5) is 0 Å². The molecule has 0 atom stereocenters. The molecule has 0 heterocycles. The Morgan fingerprint density at radius 2 is 0.722 bits per heavy atom. The SMILES string of the molecule is CC1(C)c2ccccc2-c2ccc(-c3ccc4c(-c5cccc6ccccc56)c5ccccc5c(-c5ccc6c(c5)C(C)(C)c5ccccc5-6)c4c3)cc21. The maximum atomic E-state index is 2.50. The van der Waals surface area contributed by atoms with E-state index in [0.717, 1.165) is 0 Å². The maximum absolute atomic E-state index is 2.50. The lowest BCUT2D eigenvalue weighted by Crippen LogP contribution is -2.14. The number of hydrogen-bond donors (Lipinski definition) is 0. The van der Waals surface area contributed by atoms with Gasteiger partial charge in [-0.1, -0.05) is 179 Å². The van der Waals surface area contributed by atoms with Gasteiger partial charge >= 0.3 is 0 Å². The highest BCUT2D eigenvalue weighted by Gasteiger charge is 2.37. The van der Waals surface area contributed by atoms with Gasteiger partial charge in [0.05, 0.1) is 0 Å². The smallest absolute Gasteiger partial charge is 0.0159 e. The minimum Gasteiger partial charge on any atom is -0.0619 e. The van der Waals surface area contributed by atoms with E-state index in [-0.39, 0.29) is 10.8 Å². The molecule has 256 valence electrons. The third kappa shape index (κ3) is 4.26. The molecule has 0 saturated carbocycles. The second-order valence-corrected chi connectivity index (χ2v) is 16.4. The van der Waals surface area contributed by atoms with Crippen molar-refractivity contribution in [2.75, 3.05) is 0 Å². The lowest BCUT2D eigenvalue weighted by Gasteiger charge is -2.23. The molecule has 9 aromatic rings. The highest BCUT2D eigenvalue weighted by atomic mass is 14.4. The van der Waals surface area contributed by atoms with E-state index in [4.69, 9.17) is 0 Å². The van der Waals surface area contributed by atoms with Crippen molar-refractivity contribution >= 4 is 32.3 Å². The molecule has 0 N–H and O–H groups in total. The Hall–Kier alpha value is -6.24. The Morgan fingerprint density at radius 3 is 1.41 bits per heavy atom. The first-order valence-corrected chi connectivity index (χ1v) is 19.3. The van der Waals surface area contributed by atoms with Crippen LogP contribution in [-0.2, 0) is 10.8 Å². The second kappa shape index (κ2) is 11.1. The Labute approximate surface area is 317 Å². The molecular formula is C54H40. The quantitative estimate of drug-likeness (QED) is 0.162. The van der Waals surface area contributed by atoms with E-state index < -0.39 is 0 Å². The summed E-state index contributed by atoms with van der Waals surface area (Å²) in [5.74, 6) is 0. The Morgan fingerprint density at radius 1 is 0.278 bits per heavy atom. The first kappa shape index (κ1) is 31.3. The van der Waals surface area contributed by atoms with E-state index in [9.17, 15) is 0 Å². The van der Waals surface area contributed by atoms with Gasteiger partial charge in [0.25, 0.3) is 0 Å². The summed E-state index contributed by atoms with van der Waals surface area (Å²) in [6.07, 6.45) is 0. The summed E-state index contributed by atoms with van der Waals surface area (Å²) >= 11 is 0. The van der Waals surface area contributed by atoms with Crippen LogP contribution in [-0.4, -0.2) is 0 Å². The van der Waals surface area contributed by atoms with Gasteiger partial charge in [-0.3, -0.25) is 0 Å². The molecule has 11 rings (SSSR count). The number of hydrogen-bond acceptors (Lipinski definition) is 0. The zero-order valence-electron chi connectivity index (χ0n) is 31.2. The van der Waals surface area contributed by atoms with Crippen molar-refractivity contribution in [1.82, 2.24) is 0 Å². The van der Waals surface area contributed by atoms with E-state index in [2.05, 4.69) is 198 Å². The highest BCUT2D eigenvalue weighted by Crippen LogP contribution is 2.53. The summed E-state index contributed by atoms with van der Waals surface area (Å²) in [6, 6.07) is 64.1. The summed E-state index contributed by atoms with van der Waals surface area (Å²) in [5, 5.41) is 7.66. The topological polar surface area (TPSA) is 0 Å². The fraction of sp³-hybridized carbons (Fsp3) is 0.111. The lowest BCUT2D eigenvalue weighted by atomic mass is 9.79. The van der Waals surface area contributed by atoms with Crippen molar-refractivity contribution in [2.24, 2.45) is 0 Å². The fourth-order valence-corrected chi connectivity index (χ4v) is 10.1. The predicted octanol–water partition coefficient (Wildman–Crippen LogP) is 14.8. The van der Waals surface area contributed by atoms with Crippen LogP contribution < -0.4 is 0 Å². The Balaban J connectivity index is 1.21. The van der Waals surface area contributed by atoms with Gasteiger partial charge in [-0.15, -0.1) is 0 Å². The first-order chi connectivity index (χ1) is 26.3. The van der Waals surface area contributed by atoms with Gasteiger partial charge in [0, 0.05) is 10.8 Å². The maximum Gasteiger partial charge on any atom is 0.0159 e. The zero-order chi connectivity index (χ0) is 36.3. The summed E-state index contributed by atoms with van der Waals surface area (Å²) in [7, 11) is 0. The molecule has 0 unspecified atom stereocenters. The molecule has 0 spiro atoms. The van der Waals surface area contributed by atoms with Gasteiger partial charge in [0.15, 0.2) is 0 Å². The average molecular weight is 689 g/mol. The van der Waals surface area contributed by atoms with Crippen LogP contribution in [0, 0.1) is 0 Å².